The summed E-state index contributed by atoms with van der Waals surface area (Å²) in [7, 11) is 0. The van der Waals surface area contributed by atoms with Crippen LogP contribution in [0.3, 0.4) is 0 Å². The molecule has 1 amide bonds. The third kappa shape index (κ3) is 1.66. The van der Waals surface area contributed by atoms with Gasteiger partial charge in [-0.1, -0.05) is 22.0 Å². The lowest BCUT2D eigenvalue weighted by Gasteiger charge is -2.26. The fourth-order valence-corrected chi connectivity index (χ4v) is 2.38. The summed E-state index contributed by atoms with van der Waals surface area (Å²) in [6, 6.07) is 0.107. The first-order valence-electron chi connectivity index (χ1n) is 4.65. The van der Waals surface area contributed by atoms with Gasteiger partial charge in [-0.2, -0.15) is 0 Å². The van der Waals surface area contributed by atoms with Gasteiger partial charge in [0, 0.05) is 17.5 Å². The van der Waals surface area contributed by atoms with Crippen molar-refractivity contribution in [3.63, 3.8) is 0 Å². The van der Waals surface area contributed by atoms with Gasteiger partial charge in [-0.3, -0.25) is 4.90 Å². The van der Waals surface area contributed by atoms with Crippen LogP contribution in [0.2, 0.25) is 0 Å². The second-order valence-corrected chi connectivity index (χ2v) is 4.54. The minimum absolute atomic E-state index is 0.0627. The Kier molecular flexibility index (Phi) is 2.78. The molecule has 4 nitrogen and oxygen atoms in total. The fraction of sp³-hybridized carbons (Fsp3) is 0.667. The molecule has 2 atom stereocenters. The van der Waals surface area contributed by atoms with Gasteiger partial charge >= 0.3 is 6.09 Å². The monoisotopic (exact) mass is 261 g/mol. The highest BCUT2D eigenvalue weighted by Gasteiger charge is 2.42. The summed E-state index contributed by atoms with van der Waals surface area (Å²) >= 11 is 3.37. The van der Waals surface area contributed by atoms with Crippen molar-refractivity contribution in [2.75, 3.05) is 13.2 Å². The molecule has 0 aromatic heterocycles. The van der Waals surface area contributed by atoms with E-state index in [4.69, 9.17) is 9.84 Å². The van der Waals surface area contributed by atoms with Crippen LogP contribution in [0, 0.1) is 0 Å². The maximum Gasteiger partial charge on any atom is 0.410 e. The van der Waals surface area contributed by atoms with E-state index in [1.807, 2.05) is 0 Å². The van der Waals surface area contributed by atoms with E-state index in [2.05, 4.69) is 22.0 Å². The van der Waals surface area contributed by atoms with Crippen molar-refractivity contribution in [3.8, 4) is 0 Å². The molecular formula is C9H12BrNO3. The highest BCUT2D eigenvalue weighted by Crippen LogP contribution is 2.30. The van der Waals surface area contributed by atoms with Crippen LogP contribution in [0.25, 0.3) is 0 Å². The molecular weight excluding hydrogens is 250 g/mol. The zero-order valence-electron chi connectivity index (χ0n) is 7.65. The molecule has 1 fully saturated rings. The summed E-state index contributed by atoms with van der Waals surface area (Å²) in [6.45, 7) is 0.651. The first kappa shape index (κ1) is 9.98. The van der Waals surface area contributed by atoms with E-state index in [9.17, 15) is 4.79 Å². The average molecular weight is 262 g/mol. The lowest BCUT2D eigenvalue weighted by atomic mass is 10.0. The predicted molar refractivity (Wildman–Crippen MR) is 54.1 cm³/mol. The summed E-state index contributed by atoms with van der Waals surface area (Å²) in [4.78, 5) is 13.1. The van der Waals surface area contributed by atoms with Crippen LogP contribution < -0.4 is 0 Å². The summed E-state index contributed by atoms with van der Waals surface area (Å²) in [5.74, 6) is 0. The number of carbonyl (C=O) groups is 1. The van der Waals surface area contributed by atoms with Crippen LogP contribution in [0.4, 0.5) is 4.79 Å². The predicted octanol–water partition coefficient (Wildman–Crippen LogP) is 1.24. The number of hydrogen-bond donors (Lipinski definition) is 1. The van der Waals surface area contributed by atoms with Crippen molar-refractivity contribution in [2.45, 2.75) is 25.0 Å². The third-order valence-corrected chi connectivity index (χ3v) is 3.21. The number of halogens is 1. The Morgan fingerprint density at radius 2 is 2.50 bits per heavy atom. The van der Waals surface area contributed by atoms with Crippen molar-refractivity contribution in [2.24, 2.45) is 0 Å². The average Bonchev–Trinajstić information content (AvgIpc) is 2.44. The number of cyclic esters (lactones) is 1. The van der Waals surface area contributed by atoms with Crippen LogP contribution in [0.15, 0.2) is 10.6 Å². The topological polar surface area (TPSA) is 49.8 Å². The van der Waals surface area contributed by atoms with Gasteiger partial charge in [-0.25, -0.2) is 4.79 Å². The smallest absolute Gasteiger partial charge is 0.410 e. The van der Waals surface area contributed by atoms with Crippen molar-refractivity contribution < 1.29 is 14.6 Å². The number of nitrogens with zero attached hydrogens (tertiary/aromatic N) is 1. The zero-order valence-corrected chi connectivity index (χ0v) is 9.24. The Hall–Kier alpha value is -0.550. The number of aliphatic hydroxyl groups excluding tert-OH is 1. The molecule has 0 unspecified atom stereocenters. The summed E-state index contributed by atoms with van der Waals surface area (Å²) < 4.78 is 6.19. The van der Waals surface area contributed by atoms with E-state index in [1.165, 1.54) is 0 Å². The Balaban J connectivity index is 2.11. The van der Waals surface area contributed by atoms with Gasteiger partial charge in [-0.15, -0.1) is 0 Å². The highest BCUT2D eigenvalue weighted by molar-refractivity contribution is 9.11. The van der Waals surface area contributed by atoms with Gasteiger partial charge in [0.2, 0.25) is 0 Å². The second kappa shape index (κ2) is 3.90. The van der Waals surface area contributed by atoms with Crippen molar-refractivity contribution >= 4 is 22.0 Å². The molecule has 0 bridgehead atoms. The van der Waals surface area contributed by atoms with Crippen LogP contribution in [-0.2, 0) is 4.74 Å². The van der Waals surface area contributed by atoms with Crippen LogP contribution in [0.1, 0.15) is 12.8 Å². The molecule has 0 aliphatic carbocycles. The Morgan fingerprint density at radius 1 is 1.71 bits per heavy atom. The van der Waals surface area contributed by atoms with Gasteiger partial charge in [-0.05, 0) is 6.42 Å². The number of carbonyl (C=O) groups excluding carboxylic acids is 1. The molecule has 0 saturated carbocycles. The molecule has 0 radical (unpaired) electrons. The van der Waals surface area contributed by atoms with Crippen LogP contribution >= 0.6 is 15.9 Å². The molecule has 2 heterocycles. The highest BCUT2D eigenvalue weighted by atomic mass is 79.9. The number of hydrogen-bond acceptors (Lipinski definition) is 3. The molecule has 2 aliphatic heterocycles. The first-order valence-corrected chi connectivity index (χ1v) is 5.44. The van der Waals surface area contributed by atoms with Gasteiger partial charge in [0.1, 0.15) is 6.10 Å². The number of rotatable bonds is 2. The van der Waals surface area contributed by atoms with E-state index in [0.29, 0.717) is 13.0 Å². The Morgan fingerprint density at radius 3 is 3.21 bits per heavy atom. The van der Waals surface area contributed by atoms with Crippen molar-refractivity contribution in [1.82, 2.24) is 4.90 Å². The maximum atomic E-state index is 11.4. The molecule has 2 aliphatic rings. The quantitative estimate of drug-likeness (QED) is 0.814. The van der Waals surface area contributed by atoms with Gasteiger partial charge in [0.25, 0.3) is 0 Å². The van der Waals surface area contributed by atoms with E-state index in [0.717, 1.165) is 10.9 Å². The van der Waals surface area contributed by atoms with E-state index in [1.54, 1.807) is 4.90 Å². The molecule has 1 saturated heterocycles. The summed E-state index contributed by atoms with van der Waals surface area (Å²) in [5.41, 5.74) is 0. The van der Waals surface area contributed by atoms with Crippen LogP contribution in [0.5, 0.6) is 0 Å². The van der Waals surface area contributed by atoms with E-state index in [-0.39, 0.29) is 24.8 Å². The molecule has 78 valence electrons. The fourth-order valence-electron chi connectivity index (χ4n) is 1.93. The standard InChI is InChI=1S/C9H12BrNO3/c10-6-1-2-7-8(3-4-12)14-9(13)11(7)5-6/h1,7-8,12H,2-5H2/t7-,8-/m0/s1. The van der Waals surface area contributed by atoms with Crippen molar-refractivity contribution in [1.29, 1.82) is 0 Å². The first-order chi connectivity index (χ1) is 6.72. The Labute approximate surface area is 90.7 Å². The van der Waals surface area contributed by atoms with Gasteiger partial charge in [0.15, 0.2) is 0 Å². The maximum absolute atomic E-state index is 11.4. The minimum Gasteiger partial charge on any atom is -0.444 e. The van der Waals surface area contributed by atoms with E-state index >= 15 is 0 Å². The third-order valence-electron chi connectivity index (χ3n) is 2.63. The molecule has 5 heteroatoms. The normalized spacial score (nSPS) is 31.1. The SMILES string of the molecule is O=C1O[C@@H](CCO)[C@@H]2CC=C(Br)CN12. The second-order valence-electron chi connectivity index (χ2n) is 3.52. The number of amides is 1. The molecule has 0 aromatic carbocycles. The van der Waals surface area contributed by atoms with E-state index < -0.39 is 0 Å². The largest absolute Gasteiger partial charge is 0.444 e. The number of aliphatic hydroxyl groups is 1. The summed E-state index contributed by atoms with van der Waals surface area (Å²) in [5, 5.41) is 8.82. The molecule has 2 rings (SSSR count). The van der Waals surface area contributed by atoms with Crippen molar-refractivity contribution in [3.05, 3.63) is 10.6 Å². The summed E-state index contributed by atoms with van der Waals surface area (Å²) in [6.07, 6.45) is 2.98. The van der Waals surface area contributed by atoms with Gasteiger partial charge in [0.05, 0.1) is 12.6 Å². The molecule has 14 heavy (non-hydrogen) atoms. The molecule has 0 spiro atoms. The molecule has 1 N–H and O–H groups in total. The minimum atomic E-state index is -0.265. The Bertz CT molecular complexity index is 279. The lowest BCUT2D eigenvalue weighted by molar-refractivity contribution is 0.110. The van der Waals surface area contributed by atoms with Gasteiger partial charge < -0.3 is 9.84 Å². The zero-order chi connectivity index (χ0) is 10.1. The van der Waals surface area contributed by atoms with Crippen LogP contribution in [-0.4, -0.2) is 41.4 Å². The lowest BCUT2D eigenvalue weighted by Crippen LogP contribution is -2.39. The number of fused-ring (bicyclic) bond motifs is 1. The number of ether oxygens (including phenoxy) is 1. The molecule has 0 aromatic rings.